The molecule has 0 aromatic rings. The first-order chi connectivity index (χ1) is 13.3. The average Bonchev–Trinajstić information content (AvgIpc) is 3.25. The van der Waals surface area contributed by atoms with Crippen LogP contribution >= 0.6 is 0 Å². The van der Waals surface area contributed by atoms with Crippen LogP contribution in [0.15, 0.2) is 24.8 Å². The summed E-state index contributed by atoms with van der Waals surface area (Å²) >= 11 is 0. The van der Waals surface area contributed by atoms with E-state index < -0.39 is 52.5 Å². The zero-order chi connectivity index (χ0) is 21.9. The normalized spacial score (nSPS) is 33.2. The van der Waals surface area contributed by atoms with E-state index in [9.17, 15) is 24.6 Å². The molecular weight excluding hydrogens is 376 g/mol. The van der Waals surface area contributed by atoms with Crippen molar-refractivity contribution in [2.24, 2.45) is 11.8 Å². The minimum absolute atomic E-state index is 0.261. The van der Waals surface area contributed by atoms with Gasteiger partial charge in [-0.25, -0.2) is 0 Å². The van der Waals surface area contributed by atoms with Crippen LogP contribution in [0.5, 0.6) is 0 Å². The molecule has 2 N–H and O–H groups in total. The molecule has 160 valence electrons. The van der Waals surface area contributed by atoms with E-state index >= 15 is 0 Å². The first-order valence-corrected chi connectivity index (χ1v) is 9.80. The number of hydrogen-bond donors (Lipinski definition) is 2. The number of carbonyl (C=O) groups is 3. The highest BCUT2D eigenvalue weighted by atomic mass is 16.5. The van der Waals surface area contributed by atoms with E-state index in [1.54, 1.807) is 37.0 Å². The van der Waals surface area contributed by atoms with Gasteiger partial charge in [-0.15, -0.1) is 6.58 Å². The third kappa shape index (κ3) is 2.92. The van der Waals surface area contributed by atoms with Gasteiger partial charge in [-0.1, -0.05) is 18.2 Å². The van der Waals surface area contributed by atoms with Gasteiger partial charge in [-0.2, -0.15) is 0 Å². The van der Waals surface area contributed by atoms with Crippen molar-refractivity contribution in [2.75, 3.05) is 13.2 Å². The van der Waals surface area contributed by atoms with E-state index in [1.807, 2.05) is 20.8 Å². The van der Waals surface area contributed by atoms with Gasteiger partial charge in [0.25, 0.3) is 0 Å². The Morgan fingerprint density at radius 3 is 2.45 bits per heavy atom. The number of likely N-dealkylation sites (tertiary alicyclic amines) is 1. The van der Waals surface area contributed by atoms with Crippen LogP contribution in [0.3, 0.4) is 0 Å². The Labute approximate surface area is 170 Å². The molecule has 2 saturated heterocycles. The molecule has 5 unspecified atom stereocenters. The minimum atomic E-state index is -1.36. The summed E-state index contributed by atoms with van der Waals surface area (Å²) in [5, 5.41) is 19.7. The summed E-state index contributed by atoms with van der Waals surface area (Å²) in [6.45, 7) is 12.6. The molecule has 0 aromatic carbocycles. The molecule has 3 rings (SSSR count). The zero-order valence-electron chi connectivity index (χ0n) is 17.6. The van der Waals surface area contributed by atoms with Crippen LogP contribution in [0.4, 0.5) is 0 Å². The van der Waals surface area contributed by atoms with Crippen molar-refractivity contribution in [1.29, 1.82) is 0 Å². The highest BCUT2D eigenvalue weighted by molar-refractivity contribution is 5.99. The summed E-state index contributed by atoms with van der Waals surface area (Å²) in [6.07, 6.45) is 4.16. The Morgan fingerprint density at radius 1 is 1.34 bits per heavy atom. The molecule has 8 heteroatoms. The molecule has 3 heterocycles. The molecule has 2 fully saturated rings. The Hall–Kier alpha value is -2.19. The number of aliphatic hydroxyl groups excluding tert-OH is 1. The molecule has 0 saturated carbocycles. The highest BCUT2D eigenvalue weighted by Gasteiger charge is 2.74. The number of amides is 2. The molecule has 0 aromatic heterocycles. The second kappa shape index (κ2) is 6.67. The van der Waals surface area contributed by atoms with Crippen LogP contribution in [0.2, 0.25) is 0 Å². The van der Waals surface area contributed by atoms with Crippen LogP contribution < -0.4 is 0 Å². The van der Waals surface area contributed by atoms with Crippen molar-refractivity contribution in [3.05, 3.63) is 24.8 Å². The molecule has 5 atom stereocenters. The lowest BCUT2D eigenvalue weighted by atomic mass is 9.74. The maximum Gasteiger partial charge on any atom is 0.310 e. The van der Waals surface area contributed by atoms with Gasteiger partial charge in [0.1, 0.15) is 17.6 Å². The second-order valence-electron chi connectivity index (χ2n) is 9.63. The zero-order valence-corrected chi connectivity index (χ0v) is 17.6. The number of hydrogen-bond acceptors (Lipinski definition) is 5. The van der Waals surface area contributed by atoms with Crippen molar-refractivity contribution in [3.8, 4) is 0 Å². The third-order valence-corrected chi connectivity index (χ3v) is 6.22. The molecule has 2 amide bonds. The standard InChI is InChI=1S/C21H30N2O6/c1-7-10-22(19(2,3)4)17(26)15-21-9-8-12(29-21)13(18(27)28)14(21)16(25)23(15)20(5,6)11-24/h7-9,12-15,24H,1,10-11H2,2-6H3,(H,27,28). The largest absolute Gasteiger partial charge is 0.481 e. The molecule has 1 spiro atoms. The molecule has 0 radical (unpaired) electrons. The number of carboxylic acids is 1. The maximum atomic E-state index is 13.8. The fourth-order valence-electron chi connectivity index (χ4n) is 4.83. The number of aliphatic hydroxyl groups is 1. The maximum absolute atomic E-state index is 13.8. The number of ether oxygens (including phenoxy) is 1. The highest BCUT2D eigenvalue weighted by Crippen LogP contribution is 2.56. The van der Waals surface area contributed by atoms with Gasteiger partial charge in [0, 0.05) is 12.1 Å². The SMILES string of the molecule is C=CCN(C(=O)C1N(C(C)(C)CO)C(=O)C2C(C(=O)O)C3C=CC21O3)C(C)(C)C. The van der Waals surface area contributed by atoms with Crippen LogP contribution in [-0.4, -0.2) is 79.8 Å². The van der Waals surface area contributed by atoms with E-state index in [0.29, 0.717) is 0 Å². The Bertz CT molecular complexity index is 783. The van der Waals surface area contributed by atoms with Gasteiger partial charge < -0.3 is 24.7 Å². The van der Waals surface area contributed by atoms with E-state index in [0.717, 1.165) is 0 Å². The van der Waals surface area contributed by atoms with Gasteiger partial charge in [0.15, 0.2) is 0 Å². The molecule has 2 bridgehead atoms. The predicted octanol–water partition coefficient (Wildman–Crippen LogP) is 0.806. The lowest BCUT2D eigenvalue weighted by Crippen LogP contribution is -2.63. The summed E-state index contributed by atoms with van der Waals surface area (Å²) < 4.78 is 6.06. The number of nitrogens with zero attached hydrogens (tertiary/aromatic N) is 2. The monoisotopic (exact) mass is 406 g/mol. The van der Waals surface area contributed by atoms with Crippen molar-refractivity contribution < 1.29 is 29.3 Å². The number of carboxylic acid groups (broad SMARTS) is 1. The first kappa shape index (κ1) is 21.5. The summed E-state index contributed by atoms with van der Waals surface area (Å²) in [6, 6.07) is -1.08. The van der Waals surface area contributed by atoms with E-state index in [1.165, 1.54) is 4.90 Å². The van der Waals surface area contributed by atoms with Crippen molar-refractivity contribution in [1.82, 2.24) is 9.80 Å². The first-order valence-electron chi connectivity index (χ1n) is 9.80. The molecule has 3 aliphatic rings. The number of aliphatic carboxylic acids is 1. The van der Waals surface area contributed by atoms with Crippen LogP contribution in [-0.2, 0) is 19.1 Å². The predicted molar refractivity (Wildman–Crippen MR) is 105 cm³/mol. The van der Waals surface area contributed by atoms with Crippen LogP contribution in [0.1, 0.15) is 34.6 Å². The lowest BCUT2D eigenvalue weighted by molar-refractivity contribution is -0.158. The summed E-state index contributed by atoms with van der Waals surface area (Å²) in [7, 11) is 0. The van der Waals surface area contributed by atoms with Gasteiger partial charge in [-0.05, 0) is 34.6 Å². The van der Waals surface area contributed by atoms with Crippen molar-refractivity contribution in [2.45, 2.75) is 63.4 Å². The molecular formula is C21H30N2O6. The van der Waals surface area contributed by atoms with Crippen molar-refractivity contribution >= 4 is 17.8 Å². The average molecular weight is 406 g/mol. The number of rotatable bonds is 6. The van der Waals surface area contributed by atoms with E-state index in [4.69, 9.17) is 4.74 Å². The Kier molecular flexibility index (Phi) is 4.95. The minimum Gasteiger partial charge on any atom is -0.481 e. The molecule has 29 heavy (non-hydrogen) atoms. The van der Waals surface area contributed by atoms with Crippen LogP contribution in [0, 0.1) is 11.8 Å². The van der Waals surface area contributed by atoms with E-state index in [2.05, 4.69) is 6.58 Å². The third-order valence-electron chi connectivity index (χ3n) is 6.22. The fourth-order valence-corrected chi connectivity index (χ4v) is 4.83. The fraction of sp³-hybridized carbons (Fsp3) is 0.667. The van der Waals surface area contributed by atoms with Crippen LogP contribution in [0.25, 0.3) is 0 Å². The van der Waals surface area contributed by atoms with Crippen molar-refractivity contribution in [3.63, 3.8) is 0 Å². The van der Waals surface area contributed by atoms with Gasteiger partial charge in [-0.3, -0.25) is 14.4 Å². The lowest BCUT2D eigenvalue weighted by Gasteiger charge is -2.45. The molecule has 3 aliphatic heterocycles. The van der Waals surface area contributed by atoms with Gasteiger partial charge in [0.05, 0.1) is 24.2 Å². The van der Waals surface area contributed by atoms with E-state index in [-0.39, 0.29) is 19.1 Å². The summed E-state index contributed by atoms with van der Waals surface area (Å²) in [5.41, 5.74) is -3.00. The van der Waals surface area contributed by atoms with Gasteiger partial charge in [0.2, 0.25) is 11.8 Å². The molecule has 8 nitrogen and oxygen atoms in total. The smallest absolute Gasteiger partial charge is 0.310 e. The Balaban J connectivity index is 2.17. The Morgan fingerprint density at radius 2 is 1.97 bits per heavy atom. The quantitative estimate of drug-likeness (QED) is 0.632. The summed E-state index contributed by atoms with van der Waals surface area (Å²) in [4.78, 5) is 42.2. The second-order valence-corrected chi connectivity index (χ2v) is 9.63. The molecule has 0 aliphatic carbocycles. The number of fused-ring (bicyclic) bond motifs is 1. The summed E-state index contributed by atoms with van der Waals surface area (Å²) in [5.74, 6) is -4.04. The number of carbonyl (C=O) groups excluding carboxylic acids is 2. The van der Waals surface area contributed by atoms with Gasteiger partial charge >= 0.3 is 5.97 Å². The topological polar surface area (TPSA) is 107 Å².